The van der Waals surface area contributed by atoms with Gasteiger partial charge in [-0.1, -0.05) is 158 Å². The van der Waals surface area contributed by atoms with Gasteiger partial charge in [-0.2, -0.15) is 0 Å². The molecule has 286 valence electrons. The van der Waals surface area contributed by atoms with Gasteiger partial charge >= 0.3 is 0 Å². The van der Waals surface area contributed by atoms with Crippen LogP contribution < -0.4 is 23.7 Å². The quantitative estimate of drug-likeness (QED) is 0.105. The summed E-state index contributed by atoms with van der Waals surface area (Å²) >= 11 is 0. The van der Waals surface area contributed by atoms with E-state index in [1.165, 1.54) is 0 Å². The number of rotatable bonds is 16. The molecule has 3 atom stereocenters. The van der Waals surface area contributed by atoms with Crippen LogP contribution in [0.15, 0.2) is 182 Å². The standard InChI is InChI=1S/C50H44O7/c51-48-47-45(55-34-39-22-12-4-13-23-39)29-42(52-31-36-16-6-1-7-17-36)30-46(47)57-49(50(48)56-35-40-24-14-5-15-25-40)41-26-27-43(53-32-37-18-8-2-9-19-37)44(28-41)54-33-38-20-10-3-11-21-38/h1-30,48-51H,31-35H2/t48-,49+,50-/m0/s1. The fraction of sp³-hybridized carbons (Fsp3) is 0.160. The molecule has 1 heterocycles. The van der Waals surface area contributed by atoms with Crippen LogP contribution in [0.4, 0.5) is 0 Å². The Morgan fingerprint density at radius 1 is 0.421 bits per heavy atom. The van der Waals surface area contributed by atoms with Crippen LogP contribution in [0, 0.1) is 0 Å². The molecule has 0 aliphatic carbocycles. The first-order valence-corrected chi connectivity index (χ1v) is 19.2. The van der Waals surface area contributed by atoms with Gasteiger partial charge in [-0.05, 0) is 45.5 Å². The largest absolute Gasteiger partial charge is 0.489 e. The van der Waals surface area contributed by atoms with Crippen molar-refractivity contribution in [2.75, 3.05) is 0 Å². The fourth-order valence-corrected chi connectivity index (χ4v) is 6.79. The molecule has 0 aromatic heterocycles. The van der Waals surface area contributed by atoms with E-state index >= 15 is 0 Å². The van der Waals surface area contributed by atoms with Crippen molar-refractivity contribution in [3.05, 3.63) is 221 Å². The predicted molar refractivity (Wildman–Crippen MR) is 219 cm³/mol. The van der Waals surface area contributed by atoms with E-state index in [9.17, 15) is 5.11 Å². The number of hydrogen-bond donors (Lipinski definition) is 1. The number of ether oxygens (including phenoxy) is 6. The lowest BCUT2D eigenvalue weighted by molar-refractivity contribution is -0.117. The van der Waals surface area contributed by atoms with E-state index in [2.05, 4.69) is 0 Å². The van der Waals surface area contributed by atoms with Crippen molar-refractivity contribution < 1.29 is 33.5 Å². The minimum absolute atomic E-state index is 0.256. The van der Waals surface area contributed by atoms with Crippen molar-refractivity contribution in [1.82, 2.24) is 0 Å². The Morgan fingerprint density at radius 2 is 0.860 bits per heavy atom. The molecule has 57 heavy (non-hydrogen) atoms. The van der Waals surface area contributed by atoms with E-state index in [1.54, 1.807) is 0 Å². The molecule has 0 bridgehead atoms. The zero-order valence-corrected chi connectivity index (χ0v) is 31.5. The van der Waals surface area contributed by atoms with Gasteiger partial charge in [0.15, 0.2) is 17.6 Å². The maximum Gasteiger partial charge on any atom is 0.162 e. The highest BCUT2D eigenvalue weighted by Crippen LogP contribution is 2.50. The van der Waals surface area contributed by atoms with E-state index in [1.807, 2.05) is 182 Å². The monoisotopic (exact) mass is 756 g/mol. The first-order valence-electron chi connectivity index (χ1n) is 19.2. The summed E-state index contributed by atoms with van der Waals surface area (Å²) in [4.78, 5) is 0. The summed E-state index contributed by atoms with van der Waals surface area (Å²) in [6.07, 6.45) is -2.70. The van der Waals surface area contributed by atoms with E-state index in [4.69, 9.17) is 28.4 Å². The summed E-state index contributed by atoms with van der Waals surface area (Å²) in [7, 11) is 0. The highest BCUT2D eigenvalue weighted by Gasteiger charge is 2.42. The highest BCUT2D eigenvalue weighted by atomic mass is 16.6. The maximum absolute atomic E-state index is 12.4. The summed E-state index contributed by atoms with van der Waals surface area (Å²) in [5, 5.41) is 12.4. The molecule has 7 aromatic carbocycles. The number of fused-ring (bicyclic) bond motifs is 1. The first-order chi connectivity index (χ1) is 28.2. The van der Waals surface area contributed by atoms with Gasteiger partial charge in [0.2, 0.25) is 0 Å². The number of benzene rings is 7. The molecule has 0 amide bonds. The molecule has 0 spiro atoms. The fourth-order valence-electron chi connectivity index (χ4n) is 6.79. The minimum atomic E-state index is -1.13. The summed E-state index contributed by atoms with van der Waals surface area (Å²) in [5.41, 5.74) is 6.27. The normalized spacial score (nSPS) is 15.8. The molecule has 0 saturated carbocycles. The van der Waals surface area contributed by atoms with Crippen molar-refractivity contribution >= 4 is 0 Å². The van der Waals surface area contributed by atoms with Gasteiger partial charge in [0.25, 0.3) is 0 Å². The van der Waals surface area contributed by atoms with Gasteiger partial charge in [-0.3, -0.25) is 0 Å². The number of aliphatic hydroxyl groups is 1. The maximum atomic E-state index is 12.4. The van der Waals surface area contributed by atoms with Crippen molar-refractivity contribution in [3.63, 3.8) is 0 Å². The van der Waals surface area contributed by atoms with Crippen LogP contribution >= 0.6 is 0 Å². The average molecular weight is 757 g/mol. The molecule has 0 unspecified atom stereocenters. The zero-order chi connectivity index (χ0) is 38.7. The first kappa shape index (κ1) is 37.4. The van der Waals surface area contributed by atoms with Crippen molar-refractivity contribution in [2.24, 2.45) is 0 Å². The predicted octanol–water partition coefficient (Wildman–Crippen LogP) is 10.8. The highest BCUT2D eigenvalue weighted by molar-refractivity contribution is 5.55. The van der Waals surface area contributed by atoms with Crippen LogP contribution in [0.1, 0.15) is 51.2 Å². The second kappa shape index (κ2) is 18.4. The van der Waals surface area contributed by atoms with E-state index in [-0.39, 0.29) is 13.2 Å². The van der Waals surface area contributed by atoms with Crippen LogP contribution in [0.3, 0.4) is 0 Å². The van der Waals surface area contributed by atoms with Crippen molar-refractivity contribution in [2.45, 2.75) is 51.3 Å². The topological polar surface area (TPSA) is 75.6 Å². The molecule has 0 fully saturated rings. The van der Waals surface area contributed by atoms with Crippen LogP contribution in [-0.2, 0) is 37.8 Å². The smallest absolute Gasteiger partial charge is 0.162 e. The molecular weight excluding hydrogens is 713 g/mol. The van der Waals surface area contributed by atoms with Gasteiger partial charge in [0, 0.05) is 12.1 Å². The van der Waals surface area contributed by atoms with Gasteiger partial charge in [-0.25, -0.2) is 0 Å². The Kier molecular flexibility index (Phi) is 12.1. The van der Waals surface area contributed by atoms with Crippen molar-refractivity contribution in [3.8, 4) is 28.7 Å². The molecule has 7 nitrogen and oxygen atoms in total. The number of hydrogen-bond acceptors (Lipinski definition) is 7. The zero-order valence-electron chi connectivity index (χ0n) is 31.5. The van der Waals surface area contributed by atoms with E-state index in [0.717, 1.165) is 33.4 Å². The van der Waals surface area contributed by atoms with Crippen LogP contribution in [0.2, 0.25) is 0 Å². The number of aliphatic hydroxyl groups excluding tert-OH is 1. The molecular formula is C50H44O7. The lowest BCUT2D eigenvalue weighted by Gasteiger charge is -2.38. The second-order valence-electron chi connectivity index (χ2n) is 13.9. The van der Waals surface area contributed by atoms with Gasteiger partial charge < -0.3 is 33.5 Å². The lowest BCUT2D eigenvalue weighted by atomic mass is 9.91. The van der Waals surface area contributed by atoms with Gasteiger partial charge in [-0.15, -0.1) is 0 Å². The van der Waals surface area contributed by atoms with E-state index in [0.29, 0.717) is 54.1 Å². The Bertz CT molecular complexity index is 2300. The summed E-state index contributed by atoms with van der Waals surface area (Å²) < 4.78 is 39.1. The summed E-state index contributed by atoms with van der Waals surface area (Å²) in [6.45, 7) is 1.59. The SMILES string of the molecule is O[C@H]1c2c(OCc3ccccc3)cc(OCc3ccccc3)cc2O[C@H](c2ccc(OCc3ccccc3)c(OCc3ccccc3)c2)[C@H]1OCc1ccccc1. The molecule has 7 heteroatoms. The van der Waals surface area contributed by atoms with Gasteiger partial charge in [0.1, 0.15) is 55.9 Å². The molecule has 1 aliphatic rings. The third kappa shape index (κ3) is 9.65. The summed E-state index contributed by atoms with van der Waals surface area (Å²) in [5.74, 6) is 2.58. The third-order valence-corrected chi connectivity index (χ3v) is 9.78. The van der Waals surface area contributed by atoms with Crippen molar-refractivity contribution in [1.29, 1.82) is 0 Å². The average Bonchev–Trinajstić information content (AvgIpc) is 3.27. The molecule has 0 saturated heterocycles. The Hall–Kier alpha value is -6.54. The third-order valence-electron chi connectivity index (χ3n) is 9.78. The summed E-state index contributed by atoms with van der Waals surface area (Å²) in [6, 6.07) is 59.2. The molecule has 8 rings (SSSR count). The molecule has 0 radical (unpaired) electrons. The lowest BCUT2D eigenvalue weighted by Crippen LogP contribution is -2.37. The Labute approximate surface area is 333 Å². The Balaban J connectivity index is 1.16. The van der Waals surface area contributed by atoms with Gasteiger partial charge in [0.05, 0.1) is 12.2 Å². The molecule has 7 aromatic rings. The van der Waals surface area contributed by atoms with Crippen LogP contribution in [0.25, 0.3) is 0 Å². The van der Waals surface area contributed by atoms with Crippen LogP contribution in [0.5, 0.6) is 28.7 Å². The van der Waals surface area contributed by atoms with E-state index < -0.39 is 18.3 Å². The van der Waals surface area contributed by atoms with Crippen LogP contribution in [-0.4, -0.2) is 11.2 Å². The Morgan fingerprint density at radius 3 is 1.37 bits per heavy atom. The molecule has 1 aliphatic heterocycles. The second-order valence-corrected chi connectivity index (χ2v) is 13.9. The molecule has 1 N–H and O–H groups in total. The minimum Gasteiger partial charge on any atom is -0.489 e.